The Morgan fingerprint density at radius 2 is 1.78 bits per heavy atom. The second kappa shape index (κ2) is 7.96. The highest BCUT2D eigenvalue weighted by Crippen LogP contribution is 2.30. The van der Waals surface area contributed by atoms with Crippen LogP contribution in [0.15, 0.2) is 30.3 Å². The Labute approximate surface area is 159 Å². The maximum Gasteiger partial charge on any atom is 0.161 e. The molecule has 0 aliphatic rings. The number of nitriles is 1. The molecule has 138 valence electrons. The summed E-state index contributed by atoms with van der Waals surface area (Å²) in [6.07, 6.45) is 1.80. The largest absolute Gasteiger partial charge is 0.490 e. The summed E-state index contributed by atoms with van der Waals surface area (Å²) in [7, 11) is 0. The summed E-state index contributed by atoms with van der Waals surface area (Å²) in [5.74, 6) is 1.93. The lowest BCUT2D eigenvalue weighted by Gasteiger charge is -2.11. The molecule has 1 aromatic heterocycles. The van der Waals surface area contributed by atoms with Crippen LogP contribution in [0.5, 0.6) is 11.5 Å². The summed E-state index contributed by atoms with van der Waals surface area (Å²) in [6.45, 7) is 9.08. The Kier molecular flexibility index (Phi) is 5.46. The van der Waals surface area contributed by atoms with E-state index in [4.69, 9.17) is 9.47 Å². The average Bonchev–Trinajstić information content (AvgIpc) is 3.05. The van der Waals surface area contributed by atoms with Crippen LogP contribution in [0.25, 0.3) is 22.7 Å². The minimum absolute atomic E-state index is 0.466. The van der Waals surface area contributed by atoms with Crippen molar-refractivity contribution in [2.75, 3.05) is 13.2 Å². The molecule has 0 unspecified atom stereocenters. The van der Waals surface area contributed by atoms with Crippen LogP contribution in [0.1, 0.15) is 36.4 Å². The SMILES string of the molecule is CCOc1ccc(/C=C(\C#N)c2nc3cc(C)c(C)cc3[nH]2)cc1OCC. The van der Waals surface area contributed by atoms with Crippen LogP contribution in [-0.4, -0.2) is 23.2 Å². The number of nitrogens with one attached hydrogen (secondary N) is 1. The van der Waals surface area contributed by atoms with Gasteiger partial charge in [0.1, 0.15) is 11.9 Å². The van der Waals surface area contributed by atoms with Crippen LogP contribution in [-0.2, 0) is 0 Å². The van der Waals surface area contributed by atoms with Crippen LogP contribution >= 0.6 is 0 Å². The maximum absolute atomic E-state index is 9.65. The van der Waals surface area contributed by atoms with E-state index < -0.39 is 0 Å². The van der Waals surface area contributed by atoms with E-state index in [9.17, 15) is 5.26 Å². The zero-order chi connectivity index (χ0) is 19.4. The third kappa shape index (κ3) is 3.95. The molecule has 1 N–H and O–H groups in total. The Hall–Kier alpha value is -3.26. The van der Waals surface area contributed by atoms with Gasteiger partial charge in [-0.25, -0.2) is 4.98 Å². The lowest BCUT2D eigenvalue weighted by Crippen LogP contribution is -1.98. The lowest BCUT2D eigenvalue weighted by atomic mass is 10.1. The molecule has 0 aliphatic heterocycles. The lowest BCUT2D eigenvalue weighted by molar-refractivity contribution is 0.287. The second-order valence-corrected chi connectivity index (χ2v) is 6.28. The standard InChI is InChI=1S/C22H23N3O2/c1-5-26-20-8-7-16(12-21(20)27-6-2)11-17(13-23)22-24-18-9-14(3)15(4)10-19(18)25-22/h7-12H,5-6H2,1-4H3,(H,24,25)/b17-11+. The Morgan fingerprint density at radius 1 is 1.07 bits per heavy atom. The molecular weight excluding hydrogens is 338 g/mol. The molecule has 0 spiro atoms. The molecule has 5 heteroatoms. The molecule has 0 atom stereocenters. The monoisotopic (exact) mass is 361 g/mol. The zero-order valence-electron chi connectivity index (χ0n) is 16.1. The van der Waals surface area contributed by atoms with Gasteiger partial charge in [-0.15, -0.1) is 0 Å². The molecule has 2 aromatic carbocycles. The maximum atomic E-state index is 9.65. The van der Waals surface area contributed by atoms with Crippen molar-refractivity contribution in [2.24, 2.45) is 0 Å². The van der Waals surface area contributed by atoms with Crippen LogP contribution < -0.4 is 9.47 Å². The van der Waals surface area contributed by atoms with Gasteiger partial charge in [-0.05, 0) is 74.7 Å². The highest BCUT2D eigenvalue weighted by molar-refractivity contribution is 5.90. The third-order valence-electron chi connectivity index (χ3n) is 4.35. The predicted molar refractivity (Wildman–Crippen MR) is 108 cm³/mol. The number of ether oxygens (including phenoxy) is 2. The Bertz CT molecular complexity index is 1000. The summed E-state index contributed by atoms with van der Waals surface area (Å²) in [4.78, 5) is 7.83. The number of aromatic nitrogens is 2. The molecule has 27 heavy (non-hydrogen) atoms. The number of nitrogens with zero attached hydrogens (tertiary/aromatic N) is 2. The van der Waals surface area contributed by atoms with E-state index >= 15 is 0 Å². The van der Waals surface area contributed by atoms with Crippen molar-refractivity contribution in [3.8, 4) is 17.6 Å². The van der Waals surface area contributed by atoms with Gasteiger partial charge in [0.2, 0.25) is 0 Å². The van der Waals surface area contributed by atoms with Crippen molar-refractivity contribution < 1.29 is 9.47 Å². The quantitative estimate of drug-likeness (QED) is 0.624. The number of imidazole rings is 1. The molecule has 1 heterocycles. The predicted octanol–water partition coefficient (Wildman–Crippen LogP) is 5.04. The summed E-state index contributed by atoms with van der Waals surface area (Å²) >= 11 is 0. The summed E-state index contributed by atoms with van der Waals surface area (Å²) in [6, 6.07) is 12.0. The van der Waals surface area contributed by atoms with E-state index in [0.29, 0.717) is 36.1 Å². The van der Waals surface area contributed by atoms with Gasteiger partial charge in [-0.1, -0.05) is 6.07 Å². The number of H-pyrrole nitrogens is 1. The molecule has 0 saturated heterocycles. The molecule has 0 aliphatic carbocycles. The molecule has 5 nitrogen and oxygen atoms in total. The van der Waals surface area contributed by atoms with Gasteiger partial charge in [0.15, 0.2) is 11.5 Å². The van der Waals surface area contributed by atoms with E-state index in [0.717, 1.165) is 16.6 Å². The average molecular weight is 361 g/mol. The van der Waals surface area contributed by atoms with Crippen molar-refractivity contribution in [1.82, 2.24) is 9.97 Å². The number of aryl methyl sites for hydroxylation is 2. The van der Waals surface area contributed by atoms with Gasteiger partial charge in [-0.2, -0.15) is 5.26 Å². The first-order chi connectivity index (χ1) is 13.0. The molecule has 0 bridgehead atoms. The summed E-state index contributed by atoms with van der Waals surface area (Å²) in [5.41, 5.74) is 5.47. The number of hydrogen-bond acceptors (Lipinski definition) is 4. The fourth-order valence-corrected chi connectivity index (χ4v) is 2.87. The van der Waals surface area contributed by atoms with E-state index in [1.807, 2.05) is 38.1 Å². The topological polar surface area (TPSA) is 70.9 Å². The fourth-order valence-electron chi connectivity index (χ4n) is 2.87. The van der Waals surface area contributed by atoms with Gasteiger partial charge in [-0.3, -0.25) is 0 Å². The van der Waals surface area contributed by atoms with Crippen molar-refractivity contribution >= 4 is 22.7 Å². The minimum Gasteiger partial charge on any atom is -0.490 e. The van der Waals surface area contributed by atoms with Crippen LogP contribution in [0, 0.1) is 25.2 Å². The van der Waals surface area contributed by atoms with Crippen LogP contribution in [0.2, 0.25) is 0 Å². The minimum atomic E-state index is 0.466. The number of benzene rings is 2. The summed E-state index contributed by atoms with van der Waals surface area (Å²) < 4.78 is 11.3. The van der Waals surface area contributed by atoms with Crippen LogP contribution in [0.3, 0.4) is 0 Å². The summed E-state index contributed by atoms with van der Waals surface area (Å²) in [5, 5.41) is 9.65. The first kappa shape index (κ1) is 18.5. The van der Waals surface area contributed by atoms with Crippen molar-refractivity contribution in [3.05, 3.63) is 52.8 Å². The molecule has 3 aromatic rings. The van der Waals surface area contributed by atoms with Gasteiger partial charge in [0.05, 0.1) is 29.8 Å². The van der Waals surface area contributed by atoms with Crippen molar-refractivity contribution in [1.29, 1.82) is 5.26 Å². The van der Waals surface area contributed by atoms with Crippen molar-refractivity contribution in [3.63, 3.8) is 0 Å². The molecule has 0 amide bonds. The van der Waals surface area contributed by atoms with Crippen LogP contribution in [0.4, 0.5) is 0 Å². The normalized spacial score (nSPS) is 11.4. The Morgan fingerprint density at radius 3 is 2.48 bits per heavy atom. The number of hydrogen-bond donors (Lipinski definition) is 1. The third-order valence-corrected chi connectivity index (χ3v) is 4.35. The number of fused-ring (bicyclic) bond motifs is 1. The smallest absolute Gasteiger partial charge is 0.161 e. The fraction of sp³-hybridized carbons (Fsp3) is 0.273. The molecular formula is C22H23N3O2. The van der Waals surface area contributed by atoms with Crippen molar-refractivity contribution in [2.45, 2.75) is 27.7 Å². The number of rotatable bonds is 6. The Balaban J connectivity index is 2.01. The molecule has 3 rings (SSSR count). The van der Waals surface area contributed by atoms with Gasteiger partial charge in [0, 0.05) is 0 Å². The number of aromatic amines is 1. The van der Waals surface area contributed by atoms with Gasteiger partial charge >= 0.3 is 0 Å². The van der Waals surface area contributed by atoms with E-state index in [2.05, 4.69) is 36.0 Å². The second-order valence-electron chi connectivity index (χ2n) is 6.28. The van der Waals surface area contributed by atoms with E-state index in [1.165, 1.54) is 11.1 Å². The molecule has 0 radical (unpaired) electrons. The first-order valence-corrected chi connectivity index (χ1v) is 9.04. The van der Waals surface area contributed by atoms with Gasteiger partial charge < -0.3 is 14.5 Å². The number of allylic oxidation sites excluding steroid dienone is 1. The molecule has 0 fully saturated rings. The van der Waals surface area contributed by atoms with Gasteiger partial charge in [0.25, 0.3) is 0 Å². The zero-order valence-corrected chi connectivity index (χ0v) is 16.1. The first-order valence-electron chi connectivity index (χ1n) is 9.04. The highest BCUT2D eigenvalue weighted by atomic mass is 16.5. The van der Waals surface area contributed by atoms with E-state index in [1.54, 1.807) is 6.08 Å². The molecule has 0 saturated carbocycles. The van der Waals surface area contributed by atoms with E-state index in [-0.39, 0.29) is 0 Å². The highest BCUT2D eigenvalue weighted by Gasteiger charge is 2.11.